The van der Waals surface area contributed by atoms with E-state index in [1.54, 1.807) is 0 Å². The Kier molecular flexibility index (Phi) is 2.14. The molecule has 0 aliphatic carbocycles. The monoisotopic (exact) mass is 202 g/mol. The van der Waals surface area contributed by atoms with Crippen LogP contribution in [-0.4, -0.2) is 21.5 Å². The third kappa shape index (κ3) is 1.51. The average Bonchev–Trinajstić information content (AvgIpc) is 2.74. The SMILES string of the molecule is c1ccc2c(c1)nnn2C1CCCCN1. The van der Waals surface area contributed by atoms with Crippen molar-refractivity contribution in [1.29, 1.82) is 0 Å². The van der Waals surface area contributed by atoms with Gasteiger partial charge in [0, 0.05) is 0 Å². The Morgan fingerprint density at radius 2 is 2.20 bits per heavy atom. The Morgan fingerprint density at radius 3 is 3.07 bits per heavy atom. The van der Waals surface area contributed by atoms with Gasteiger partial charge in [-0.05, 0) is 37.9 Å². The van der Waals surface area contributed by atoms with E-state index >= 15 is 0 Å². The minimum Gasteiger partial charge on any atom is -0.296 e. The standard InChI is InChI=1S/C11H14N4/c1-2-6-10-9(5-1)13-14-15(10)11-7-3-4-8-12-11/h1-2,5-6,11-12H,3-4,7-8H2. The van der Waals surface area contributed by atoms with Crippen LogP contribution in [-0.2, 0) is 0 Å². The maximum atomic E-state index is 4.22. The summed E-state index contributed by atoms with van der Waals surface area (Å²) >= 11 is 0. The first-order valence-corrected chi connectivity index (χ1v) is 5.48. The summed E-state index contributed by atoms with van der Waals surface area (Å²) in [4.78, 5) is 0. The van der Waals surface area contributed by atoms with Crippen LogP contribution >= 0.6 is 0 Å². The summed E-state index contributed by atoms with van der Waals surface area (Å²) in [7, 11) is 0. The summed E-state index contributed by atoms with van der Waals surface area (Å²) in [6.45, 7) is 1.08. The largest absolute Gasteiger partial charge is 0.296 e. The summed E-state index contributed by atoms with van der Waals surface area (Å²) in [6, 6.07) is 8.11. The zero-order valence-electron chi connectivity index (χ0n) is 8.56. The predicted molar refractivity (Wildman–Crippen MR) is 58.4 cm³/mol. The van der Waals surface area contributed by atoms with Gasteiger partial charge in [-0.25, -0.2) is 4.68 Å². The highest BCUT2D eigenvalue weighted by atomic mass is 15.5. The van der Waals surface area contributed by atoms with Crippen molar-refractivity contribution >= 4 is 11.0 Å². The van der Waals surface area contributed by atoms with Crippen molar-refractivity contribution < 1.29 is 0 Å². The van der Waals surface area contributed by atoms with E-state index in [1.807, 2.05) is 22.9 Å². The van der Waals surface area contributed by atoms with Gasteiger partial charge < -0.3 is 0 Å². The van der Waals surface area contributed by atoms with Crippen molar-refractivity contribution in [3.05, 3.63) is 24.3 Å². The molecule has 1 aliphatic rings. The molecule has 1 aliphatic heterocycles. The van der Waals surface area contributed by atoms with Gasteiger partial charge in [0.25, 0.3) is 0 Å². The highest BCUT2D eigenvalue weighted by molar-refractivity contribution is 5.73. The lowest BCUT2D eigenvalue weighted by Gasteiger charge is -2.23. The molecule has 4 nitrogen and oxygen atoms in total. The summed E-state index contributed by atoms with van der Waals surface area (Å²) in [5.74, 6) is 0. The molecular weight excluding hydrogens is 188 g/mol. The normalized spacial score (nSPS) is 22.0. The van der Waals surface area contributed by atoms with E-state index < -0.39 is 0 Å². The molecule has 2 aromatic rings. The maximum Gasteiger partial charge on any atom is 0.113 e. The summed E-state index contributed by atoms with van der Waals surface area (Å²) in [6.07, 6.45) is 4.01. The Morgan fingerprint density at radius 1 is 1.27 bits per heavy atom. The summed E-state index contributed by atoms with van der Waals surface area (Å²) in [5.41, 5.74) is 2.10. The molecule has 1 saturated heterocycles. The highest BCUT2D eigenvalue weighted by Crippen LogP contribution is 2.20. The van der Waals surface area contributed by atoms with Gasteiger partial charge >= 0.3 is 0 Å². The van der Waals surface area contributed by atoms with Crippen molar-refractivity contribution in [2.24, 2.45) is 0 Å². The van der Waals surface area contributed by atoms with Crippen LogP contribution in [0, 0.1) is 0 Å². The fourth-order valence-electron chi connectivity index (χ4n) is 2.16. The smallest absolute Gasteiger partial charge is 0.113 e. The minimum atomic E-state index is 0.325. The minimum absolute atomic E-state index is 0.325. The first-order valence-electron chi connectivity index (χ1n) is 5.48. The number of nitrogens with one attached hydrogen (secondary N) is 1. The van der Waals surface area contributed by atoms with E-state index in [2.05, 4.69) is 21.7 Å². The van der Waals surface area contributed by atoms with Crippen molar-refractivity contribution in [3.63, 3.8) is 0 Å². The van der Waals surface area contributed by atoms with Crippen LogP contribution < -0.4 is 5.32 Å². The number of nitrogens with zero attached hydrogens (tertiary/aromatic N) is 3. The van der Waals surface area contributed by atoms with Gasteiger partial charge in [-0.3, -0.25) is 5.32 Å². The molecule has 0 radical (unpaired) electrons. The molecule has 0 spiro atoms. The molecule has 0 saturated carbocycles. The number of benzene rings is 1. The van der Waals surface area contributed by atoms with Crippen LogP contribution in [0.2, 0.25) is 0 Å². The van der Waals surface area contributed by atoms with E-state index in [1.165, 1.54) is 12.8 Å². The molecule has 4 heteroatoms. The number of fused-ring (bicyclic) bond motifs is 1. The molecule has 1 aromatic carbocycles. The van der Waals surface area contributed by atoms with Gasteiger partial charge in [0.2, 0.25) is 0 Å². The Balaban J connectivity index is 2.02. The highest BCUT2D eigenvalue weighted by Gasteiger charge is 2.17. The van der Waals surface area contributed by atoms with Crippen molar-refractivity contribution in [1.82, 2.24) is 20.3 Å². The molecule has 0 amide bonds. The van der Waals surface area contributed by atoms with Crippen molar-refractivity contribution in [2.75, 3.05) is 6.54 Å². The van der Waals surface area contributed by atoms with Crippen LogP contribution in [0.25, 0.3) is 11.0 Å². The number of hydrogen-bond donors (Lipinski definition) is 1. The van der Waals surface area contributed by atoms with E-state index in [4.69, 9.17) is 0 Å². The molecule has 0 bridgehead atoms. The van der Waals surface area contributed by atoms with Crippen LogP contribution in [0.5, 0.6) is 0 Å². The van der Waals surface area contributed by atoms with Gasteiger partial charge in [0.1, 0.15) is 11.7 Å². The molecule has 1 atom stereocenters. The second kappa shape index (κ2) is 3.62. The van der Waals surface area contributed by atoms with Crippen LogP contribution in [0.4, 0.5) is 0 Å². The fraction of sp³-hybridized carbons (Fsp3) is 0.455. The molecule has 1 unspecified atom stereocenters. The molecule has 1 aromatic heterocycles. The molecule has 3 rings (SSSR count). The lowest BCUT2D eigenvalue weighted by molar-refractivity contribution is 0.300. The predicted octanol–water partition coefficient (Wildman–Crippen LogP) is 1.70. The lowest BCUT2D eigenvalue weighted by atomic mass is 10.1. The molecule has 2 heterocycles. The van der Waals surface area contributed by atoms with Crippen LogP contribution in [0.3, 0.4) is 0 Å². The third-order valence-electron chi connectivity index (χ3n) is 2.96. The van der Waals surface area contributed by atoms with Crippen LogP contribution in [0.15, 0.2) is 24.3 Å². The number of aromatic nitrogens is 3. The first-order chi connectivity index (χ1) is 7.45. The molecule has 1 fully saturated rings. The van der Waals surface area contributed by atoms with Gasteiger partial charge in [-0.15, -0.1) is 5.10 Å². The summed E-state index contributed by atoms with van der Waals surface area (Å²) < 4.78 is 2.01. The molecule has 1 N–H and O–H groups in total. The van der Waals surface area contributed by atoms with Gasteiger partial charge in [-0.2, -0.15) is 0 Å². The van der Waals surface area contributed by atoms with Gasteiger partial charge in [0.15, 0.2) is 0 Å². The zero-order chi connectivity index (χ0) is 10.1. The van der Waals surface area contributed by atoms with E-state index in [0.29, 0.717) is 6.17 Å². The van der Waals surface area contributed by atoms with E-state index in [-0.39, 0.29) is 0 Å². The molecular formula is C11H14N4. The second-order valence-electron chi connectivity index (χ2n) is 3.99. The van der Waals surface area contributed by atoms with Gasteiger partial charge in [-0.1, -0.05) is 17.3 Å². The Bertz CT molecular complexity index is 456. The quantitative estimate of drug-likeness (QED) is 0.765. The van der Waals surface area contributed by atoms with Gasteiger partial charge in [0.05, 0.1) is 5.52 Å². The summed E-state index contributed by atoms with van der Waals surface area (Å²) in [5, 5.41) is 11.9. The molecule has 78 valence electrons. The zero-order valence-corrected chi connectivity index (χ0v) is 8.56. The van der Waals surface area contributed by atoms with E-state index in [0.717, 1.165) is 24.0 Å². The third-order valence-corrected chi connectivity index (χ3v) is 2.96. The Labute approximate surface area is 88.3 Å². The number of piperidine rings is 1. The maximum absolute atomic E-state index is 4.22. The van der Waals surface area contributed by atoms with E-state index in [9.17, 15) is 0 Å². The number of para-hydroxylation sites is 1. The van der Waals surface area contributed by atoms with Crippen molar-refractivity contribution in [2.45, 2.75) is 25.4 Å². The average molecular weight is 202 g/mol. The molecule has 15 heavy (non-hydrogen) atoms. The topological polar surface area (TPSA) is 42.7 Å². The van der Waals surface area contributed by atoms with Crippen molar-refractivity contribution in [3.8, 4) is 0 Å². The number of rotatable bonds is 1. The number of hydrogen-bond acceptors (Lipinski definition) is 3. The van der Waals surface area contributed by atoms with Crippen LogP contribution in [0.1, 0.15) is 25.4 Å². The first kappa shape index (κ1) is 8.85. The Hall–Kier alpha value is -1.42. The lowest BCUT2D eigenvalue weighted by Crippen LogP contribution is -2.31. The fourth-order valence-corrected chi connectivity index (χ4v) is 2.16. The second-order valence-corrected chi connectivity index (χ2v) is 3.99.